The van der Waals surface area contributed by atoms with Crippen LogP contribution in [-0.4, -0.2) is 207 Å². The first-order valence-corrected chi connectivity index (χ1v) is 28.2. The number of Topliss-reactive ketones (excluding diaryl/α,β-unsaturated/α-hetero) is 1. The molecule has 22 nitrogen and oxygen atoms in total. The molecule has 0 bridgehead atoms. The van der Waals surface area contributed by atoms with E-state index in [1.807, 2.05) is 36.6 Å². The summed E-state index contributed by atoms with van der Waals surface area (Å²) in [5, 5.41) is 56.7. The second kappa shape index (κ2) is 34.1. The van der Waals surface area contributed by atoms with Crippen LogP contribution >= 0.6 is 36.2 Å². The van der Waals surface area contributed by atoms with E-state index in [0.717, 1.165) is 22.5 Å². The Bertz CT molecular complexity index is 2320. The topological polar surface area (TPSA) is 303 Å². The van der Waals surface area contributed by atoms with Crippen molar-refractivity contribution in [2.24, 2.45) is 5.92 Å². The predicted octanol–water partition coefficient (Wildman–Crippen LogP) is 2.81. The SMILES string of the molecule is CSCC[C@H](NC(=O)c1cccc2c1CCN(C(=O)CNCCN1CCC(CC(=O)O)CCN(CC(=O)O)CCN(CC(=O)O)CC1)C2)C(=O)CCC(=O)N[C@@H](CCCCNC(=S)Nc1ccc(NC(C)=S)cc1)C(=O)O. The lowest BCUT2D eigenvalue weighted by Gasteiger charge is -2.32. The normalized spacial score (nSPS) is 16.5. The minimum absolute atomic E-state index is 0.0427. The fraction of sp³-hybridized carbons (Fsp3) is 0.577. The van der Waals surface area contributed by atoms with E-state index >= 15 is 0 Å². The number of anilines is 2. The van der Waals surface area contributed by atoms with E-state index in [1.165, 1.54) is 11.8 Å². The molecule has 2 aromatic rings. The molecule has 1 fully saturated rings. The van der Waals surface area contributed by atoms with Crippen LogP contribution in [0.3, 0.4) is 0 Å². The maximum Gasteiger partial charge on any atom is 0.326 e. The highest BCUT2D eigenvalue weighted by Crippen LogP contribution is 2.24. The number of nitrogens with zero attached hydrogens (tertiary/aromatic N) is 4. The molecule has 25 heteroatoms. The molecular formula is C52H76N10O12S3. The number of hydrogen-bond donors (Lipinski definition) is 10. The number of carbonyl (C=O) groups excluding carboxylic acids is 4. The number of ketones is 1. The molecule has 1 saturated heterocycles. The van der Waals surface area contributed by atoms with Gasteiger partial charge in [-0.1, -0.05) is 24.4 Å². The number of carboxylic acid groups (broad SMARTS) is 4. The Morgan fingerprint density at radius 1 is 0.714 bits per heavy atom. The molecule has 0 saturated carbocycles. The Morgan fingerprint density at radius 3 is 1.97 bits per heavy atom. The van der Waals surface area contributed by atoms with Gasteiger partial charge in [-0.2, -0.15) is 11.8 Å². The van der Waals surface area contributed by atoms with Crippen LogP contribution in [0.25, 0.3) is 0 Å². The Morgan fingerprint density at radius 2 is 1.35 bits per heavy atom. The highest BCUT2D eigenvalue weighted by molar-refractivity contribution is 7.98. The van der Waals surface area contributed by atoms with Gasteiger partial charge in [-0.3, -0.25) is 43.4 Å². The maximum atomic E-state index is 13.9. The molecule has 2 heterocycles. The zero-order valence-electron chi connectivity index (χ0n) is 44.0. The smallest absolute Gasteiger partial charge is 0.326 e. The van der Waals surface area contributed by atoms with Crippen LogP contribution in [0.15, 0.2) is 42.5 Å². The van der Waals surface area contributed by atoms with Crippen LogP contribution < -0.4 is 31.9 Å². The average molecular weight is 1130 g/mol. The van der Waals surface area contributed by atoms with Gasteiger partial charge in [-0.15, -0.1) is 0 Å². The maximum absolute atomic E-state index is 13.9. The largest absolute Gasteiger partial charge is 0.481 e. The number of unbranched alkanes of at least 4 members (excludes halogenated alkanes) is 1. The van der Waals surface area contributed by atoms with E-state index in [1.54, 1.807) is 33.8 Å². The highest BCUT2D eigenvalue weighted by atomic mass is 32.2. The molecule has 4 rings (SSSR count). The van der Waals surface area contributed by atoms with Gasteiger partial charge in [0.1, 0.15) is 6.04 Å². The number of rotatable bonds is 29. The summed E-state index contributed by atoms with van der Waals surface area (Å²) in [5.74, 6) is -5.29. The molecule has 77 heavy (non-hydrogen) atoms. The van der Waals surface area contributed by atoms with Gasteiger partial charge in [-0.05, 0) is 137 Å². The average Bonchev–Trinajstić information content (AvgIpc) is 3.38. The first-order valence-electron chi connectivity index (χ1n) is 26.0. The number of fused-ring (bicyclic) bond motifs is 1. The number of thiocarbonyl (C=S) groups is 2. The molecule has 2 aliphatic heterocycles. The predicted molar refractivity (Wildman–Crippen MR) is 302 cm³/mol. The third-order valence-electron chi connectivity index (χ3n) is 13.3. The number of hydrogen-bond acceptors (Lipinski definition) is 15. The van der Waals surface area contributed by atoms with Crippen molar-refractivity contribution in [2.75, 3.05) is 108 Å². The van der Waals surface area contributed by atoms with E-state index in [2.05, 4.69) is 36.8 Å². The zero-order chi connectivity index (χ0) is 56.3. The lowest BCUT2D eigenvalue weighted by atomic mass is 9.93. The van der Waals surface area contributed by atoms with Crippen LogP contribution in [0.2, 0.25) is 0 Å². The zero-order valence-corrected chi connectivity index (χ0v) is 46.5. The molecule has 424 valence electrons. The molecule has 1 unspecified atom stereocenters. The molecule has 3 atom stereocenters. The van der Waals surface area contributed by atoms with E-state index in [4.69, 9.17) is 24.4 Å². The molecule has 0 radical (unpaired) electrons. The van der Waals surface area contributed by atoms with Gasteiger partial charge >= 0.3 is 23.9 Å². The first kappa shape index (κ1) is 63.7. The van der Waals surface area contributed by atoms with E-state index < -0.39 is 47.8 Å². The summed E-state index contributed by atoms with van der Waals surface area (Å²) in [6, 6.07) is 10.7. The van der Waals surface area contributed by atoms with E-state index in [0.29, 0.717) is 125 Å². The first-order chi connectivity index (χ1) is 36.8. The van der Waals surface area contributed by atoms with Crippen molar-refractivity contribution in [3.63, 3.8) is 0 Å². The molecule has 3 amide bonds. The van der Waals surface area contributed by atoms with E-state index in [-0.39, 0.29) is 69.5 Å². The van der Waals surface area contributed by atoms with Crippen LogP contribution in [0.5, 0.6) is 0 Å². The minimum Gasteiger partial charge on any atom is -0.481 e. The number of thioether (sulfide) groups is 1. The Balaban J connectivity index is 1.23. The Hall–Kier alpha value is -5.83. The summed E-state index contributed by atoms with van der Waals surface area (Å²) in [6.45, 7) is 5.89. The van der Waals surface area contributed by atoms with Crippen molar-refractivity contribution in [1.82, 2.24) is 40.9 Å². The number of carbonyl (C=O) groups is 8. The highest BCUT2D eigenvalue weighted by Gasteiger charge is 2.29. The number of benzene rings is 2. The van der Waals surface area contributed by atoms with Gasteiger partial charge in [0.2, 0.25) is 11.8 Å². The fourth-order valence-electron chi connectivity index (χ4n) is 9.14. The standard InChI is InChI=1S/C52H76N10O12S3/c1-35(75)55-38-9-11-39(12-10-38)56-52(76)54-19-4-3-8-43(51(73)74)57-45(64)14-13-44(63)42(18-29-77-2)58-50(72)41-7-5-6-37-32-62(23-17-40(37)41)46(65)31-53-20-24-59-21-15-36(30-47(66)67)16-22-60(33-48(68)69)27-28-61(26-25-59)34-49(70)71/h5-7,9-12,36,42-43,53H,3-4,8,13-34H2,1-2H3,(H,55,75)(H,57,64)(H,58,72)(H,66,67)(H,68,69)(H,70,71)(H,73,74)(H2,54,56,76)/t36?,42-,43-/m0/s1. The molecule has 0 spiro atoms. The van der Waals surface area contributed by atoms with Crippen molar-refractivity contribution in [2.45, 2.75) is 89.8 Å². The lowest BCUT2D eigenvalue weighted by molar-refractivity contribution is -0.142. The number of nitrogens with one attached hydrogen (secondary N) is 6. The Labute approximate surface area is 465 Å². The summed E-state index contributed by atoms with van der Waals surface area (Å²) >= 11 is 11.9. The summed E-state index contributed by atoms with van der Waals surface area (Å²) in [7, 11) is 0. The van der Waals surface area contributed by atoms with Crippen LogP contribution in [0.1, 0.15) is 86.2 Å². The van der Waals surface area contributed by atoms with Crippen LogP contribution in [-0.2, 0) is 46.5 Å². The van der Waals surface area contributed by atoms with Gasteiger partial charge in [0.05, 0.1) is 30.7 Å². The summed E-state index contributed by atoms with van der Waals surface area (Å²) in [6.07, 6.45) is 4.33. The van der Waals surface area contributed by atoms with Gasteiger partial charge in [0, 0.05) is 95.1 Å². The molecule has 10 N–H and O–H groups in total. The molecule has 2 aliphatic rings. The molecule has 2 aromatic carbocycles. The summed E-state index contributed by atoms with van der Waals surface area (Å²) in [5.41, 5.74) is 3.60. The van der Waals surface area contributed by atoms with Crippen molar-refractivity contribution in [3.05, 3.63) is 59.2 Å². The van der Waals surface area contributed by atoms with Crippen molar-refractivity contribution >= 4 is 105 Å². The second-order valence-corrected chi connectivity index (χ2v) is 21.3. The fourth-order valence-corrected chi connectivity index (χ4v) is 9.95. The minimum atomic E-state index is -1.19. The monoisotopic (exact) mass is 1130 g/mol. The Kier molecular flexibility index (Phi) is 28.2. The summed E-state index contributed by atoms with van der Waals surface area (Å²) < 4.78 is 0. The molecule has 0 aromatic heterocycles. The number of amides is 3. The quantitative estimate of drug-likeness (QED) is 0.0414. The van der Waals surface area contributed by atoms with Gasteiger partial charge < -0.3 is 62.1 Å². The number of carboxylic acids is 4. The van der Waals surface area contributed by atoms with Gasteiger partial charge in [0.25, 0.3) is 5.91 Å². The van der Waals surface area contributed by atoms with Crippen molar-refractivity contribution in [1.29, 1.82) is 0 Å². The van der Waals surface area contributed by atoms with Gasteiger partial charge in [0.15, 0.2) is 10.9 Å². The summed E-state index contributed by atoms with van der Waals surface area (Å²) in [4.78, 5) is 109. The van der Waals surface area contributed by atoms with E-state index in [9.17, 15) is 58.8 Å². The lowest BCUT2D eigenvalue weighted by Crippen LogP contribution is -2.46. The van der Waals surface area contributed by atoms with Crippen LogP contribution in [0, 0.1) is 5.92 Å². The van der Waals surface area contributed by atoms with Crippen molar-refractivity contribution < 1.29 is 58.8 Å². The van der Waals surface area contributed by atoms with Crippen molar-refractivity contribution in [3.8, 4) is 0 Å². The number of aliphatic carboxylic acids is 4. The second-order valence-electron chi connectivity index (χ2n) is 19.3. The molecular weight excluding hydrogens is 1050 g/mol. The third-order valence-corrected chi connectivity index (χ3v) is 14.3. The van der Waals surface area contributed by atoms with Crippen LogP contribution in [0.4, 0.5) is 11.4 Å². The molecule has 0 aliphatic carbocycles. The van der Waals surface area contributed by atoms with Gasteiger partial charge in [-0.25, -0.2) is 4.79 Å². The third kappa shape index (κ3) is 24.6.